The molecular formula is C25H25NO5. The topological polar surface area (TPSA) is 84.9 Å². The molecule has 3 aromatic rings. The van der Waals surface area contributed by atoms with Crippen LogP contribution in [0.1, 0.15) is 41.3 Å². The Labute approximate surface area is 181 Å². The number of para-hydroxylation sites is 1. The van der Waals surface area contributed by atoms with E-state index in [-0.39, 0.29) is 23.8 Å². The van der Waals surface area contributed by atoms with Gasteiger partial charge in [0.05, 0.1) is 0 Å². The van der Waals surface area contributed by atoms with Crippen LogP contribution in [0.15, 0.2) is 66.7 Å². The van der Waals surface area contributed by atoms with Crippen LogP contribution < -0.4 is 14.8 Å². The molecule has 0 heterocycles. The van der Waals surface area contributed by atoms with E-state index < -0.39 is 5.97 Å². The lowest BCUT2D eigenvalue weighted by atomic mass is 9.98. The molecule has 6 nitrogen and oxygen atoms in total. The molecule has 0 bridgehead atoms. The predicted octanol–water partition coefficient (Wildman–Crippen LogP) is 5.06. The van der Waals surface area contributed by atoms with Crippen LogP contribution >= 0.6 is 0 Å². The van der Waals surface area contributed by atoms with E-state index in [1.807, 2.05) is 25.1 Å². The Kier molecular flexibility index (Phi) is 6.92. The summed E-state index contributed by atoms with van der Waals surface area (Å²) in [6.07, 6.45) is 0. The average molecular weight is 419 g/mol. The lowest BCUT2D eigenvalue weighted by Gasteiger charge is -2.13. The first kappa shape index (κ1) is 21.9. The zero-order valence-electron chi connectivity index (χ0n) is 17.7. The second-order valence-corrected chi connectivity index (χ2v) is 7.44. The van der Waals surface area contributed by atoms with Crippen molar-refractivity contribution in [1.82, 2.24) is 0 Å². The summed E-state index contributed by atoms with van der Waals surface area (Å²) in [5.41, 5.74) is 2.68. The van der Waals surface area contributed by atoms with Gasteiger partial charge >= 0.3 is 5.97 Å². The number of aryl methyl sites for hydroxylation is 1. The molecule has 6 heteroatoms. The van der Waals surface area contributed by atoms with Gasteiger partial charge < -0.3 is 19.9 Å². The number of amides is 1. The van der Waals surface area contributed by atoms with Gasteiger partial charge in [0.1, 0.15) is 22.8 Å². The zero-order valence-corrected chi connectivity index (χ0v) is 17.7. The van der Waals surface area contributed by atoms with Crippen molar-refractivity contribution in [1.29, 1.82) is 0 Å². The molecule has 0 aliphatic rings. The molecule has 0 aromatic heterocycles. The summed E-state index contributed by atoms with van der Waals surface area (Å²) >= 11 is 0. The Morgan fingerprint density at radius 1 is 0.968 bits per heavy atom. The molecule has 0 aliphatic heterocycles. The van der Waals surface area contributed by atoms with E-state index >= 15 is 0 Å². The number of phenolic OH excluding ortho intramolecular Hbond substituents is 1. The molecule has 3 aromatic carbocycles. The number of ether oxygens (including phenoxy) is 2. The van der Waals surface area contributed by atoms with Crippen molar-refractivity contribution in [2.24, 2.45) is 0 Å². The summed E-state index contributed by atoms with van der Waals surface area (Å²) in [6, 6.07) is 18.5. The number of esters is 1. The normalized spacial score (nSPS) is 10.6. The SMILES string of the molecule is Cc1cc(OCC(=O)Nc2ccc(C(=O)Oc3ccccc3)c(O)c2)ccc1C(C)C. The largest absolute Gasteiger partial charge is 0.507 e. The highest BCUT2D eigenvalue weighted by molar-refractivity contribution is 5.96. The third-order valence-corrected chi connectivity index (χ3v) is 4.69. The fourth-order valence-corrected chi connectivity index (χ4v) is 3.16. The number of anilines is 1. The van der Waals surface area contributed by atoms with Crippen LogP contribution in [-0.4, -0.2) is 23.6 Å². The first-order valence-electron chi connectivity index (χ1n) is 9.97. The maximum absolute atomic E-state index is 12.2. The van der Waals surface area contributed by atoms with Gasteiger partial charge in [0.2, 0.25) is 0 Å². The molecular weight excluding hydrogens is 394 g/mol. The lowest BCUT2D eigenvalue weighted by molar-refractivity contribution is -0.118. The van der Waals surface area contributed by atoms with Gasteiger partial charge in [0, 0.05) is 11.8 Å². The number of aromatic hydroxyl groups is 1. The Balaban J connectivity index is 1.57. The van der Waals surface area contributed by atoms with Crippen molar-refractivity contribution < 1.29 is 24.2 Å². The number of carbonyl (C=O) groups excluding carboxylic acids is 2. The summed E-state index contributed by atoms with van der Waals surface area (Å²) in [4.78, 5) is 24.4. The monoisotopic (exact) mass is 419 g/mol. The highest BCUT2D eigenvalue weighted by atomic mass is 16.5. The molecule has 31 heavy (non-hydrogen) atoms. The molecule has 160 valence electrons. The second kappa shape index (κ2) is 9.80. The number of nitrogens with one attached hydrogen (secondary N) is 1. The van der Waals surface area contributed by atoms with E-state index in [9.17, 15) is 14.7 Å². The van der Waals surface area contributed by atoms with Crippen molar-refractivity contribution >= 4 is 17.6 Å². The van der Waals surface area contributed by atoms with Gasteiger partial charge in [-0.3, -0.25) is 4.79 Å². The standard InChI is InChI=1S/C25H25NO5/c1-16(2)21-12-10-20(13-17(21)3)30-15-24(28)26-18-9-11-22(23(27)14-18)25(29)31-19-7-5-4-6-8-19/h4-14,16,27H,15H2,1-3H3,(H,26,28). The maximum Gasteiger partial charge on any atom is 0.347 e. The fraction of sp³-hybridized carbons (Fsp3) is 0.200. The first-order valence-corrected chi connectivity index (χ1v) is 9.97. The molecule has 0 unspecified atom stereocenters. The minimum absolute atomic E-state index is 0.00109. The van der Waals surface area contributed by atoms with Crippen LogP contribution in [0.25, 0.3) is 0 Å². The summed E-state index contributed by atoms with van der Waals surface area (Å²) in [7, 11) is 0. The highest BCUT2D eigenvalue weighted by Crippen LogP contribution is 2.25. The molecule has 0 radical (unpaired) electrons. The number of phenols is 1. The van der Waals surface area contributed by atoms with Crippen LogP contribution in [-0.2, 0) is 4.79 Å². The van der Waals surface area contributed by atoms with E-state index in [0.717, 1.165) is 5.56 Å². The molecule has 3 rings (SSSR count). The molecule has 0 saturated carbocycles. The Hall–Kier alpha value is -3.80. The minimum Gasteiger partial charge on any atom is -0.507 e. The van der Waals surface area contributed by atoms with Gasteiger partial charge in [0.25, 0.3) is 5.91 Å². The van der Waals surface area contributed by atoms with Crippen molar-refractivity contribution in [2.75, 3.05) is 11.9 Å². The smallest absolute Gasteiger partial charge is 0.347 e. The van der Waals surface area contributed by atoms with Crippen LogP contribution in [0.3, 0.4) is 0 Å². The molecule has 0 fully saturated rings. The third-order valence-electron chi connectivity index (χ3n) is 4.69. The molecule has 0 saturated heterocycles. The van der Waals surface area contributed by atoms with E-state index in [0.29, 0.717) is 23.1 Å². The maximum atomic E-state index is 12.2. The summed E-state index contributed by atoms with van der Waals surface area (Å²) < 4.78 is 10.8. The lowest BCUT2D eigenvalue weighted by Crippen LogP contribution is -2.20. The molecule has 0 atom stereocenters. The third kappa shape index (κ3) is 5.85. The predicted molar refractivity (Wildman–Crippen MR) is 119 cm³/mol. The average Bonchev–Trinajstić information content (AvgIpc) is 2.73. The summed E-state index contributed by atoms with van der Waals surface area (Å²) in [5.74, 6) is 0.0317. The Bertz CT molecular complexity index is 1080. The summed E-state index contributed by atoms with van der Waals surface area (Å²) in [5, 5.41) is 12.8. The Morgan fingerprint density at radius 2 is 1.71 bits per heavy atom. The number of carbonyl (C=O) groups is 2. The highest BCUT2D eigenvalue weighted by Gasteiger charge is 2.15. The van der Waals surface area contributed by atoms with Gasteiger partial charge in [-0.15, -0.1) is 0 Å². The number of hydrogen-bond acceptors (Lipinski definition) is 5. The van der Waals surface area contributed by atoms with Gasteiger partial charge in [-0.1, -0.05) is 38.1 Å². The van der Waals surface area contributed by atoms with Crippen molar-refractivity contribution in [2.45, 2.75) is 26.7 Å². The van der Waals surface area contributed by atoms with Crippen LogP contribution in [0.4, 0.5) is 5.69 Å². The van der Waals surface area contributed by atoms with E-state index in [1.165, 1.54) is 23.8 Å². The van der Waals surface area contributed by atoms with E-state index in [4.69, 9.17) is 9.47 Å². The van der Waals surface area contributed by atoms with Crippen molar-refractivity contribution in [3.8, 4) is 17.2 Å². The molecule has 0 spiro atoms. The summed E-state index contributed by atoms with van der Waals surface area (Å²) in [6.45, 7) is 6.07. The zero-order chi connectivity index (χ0) is 22.4. The molecule has 2 N–H and O–H groups in total. The number of hydrogen-bond donors (Lipinski definition) is 2. The van der Waals surface area contributed by atoms with Crippen LogP contribution in [0, 0.1) is 6.92 Å². The number of rotatable bonds is 7. The van der Waals surface area contributed by atoms with Crippen molar-refractivity contribution in [3.05, 3.63) is 83.4 Å². The van der Waals surface area contributed by atoms with E-state index in [1.54, 1.807) is 30.3 Å². The van der Waals surface area contributed by atoms with Crippen LogP contribution in [0.5, 0.6) is 17.2 Å². The molecule has 0 aliphatic carbocycles. The number of benzene rings is 3. The van der Waals surface area contributed by atoms with Gasteiger partial charge in [-0.25, -0.2) is 4.79 Å². The van der Waals surface area contributed by atoms with Gasteiger partial charge in [-0.2, -0.15) is 0 Å². The fourth-order valence-electron chi connectivity index (χ4n) is 3.16. The van der Waals surface area contributed by atoms with Gasteiger partial charge in [0.15, 0.2) is 6.61 Å². The quantitative estimate of drug-likeness (QED) is 0.413. The Morgan fingerprint density at radius 3 is 2.35 bits per heavy atom. The van der Waals surface area contributed by atoms with Crippen molar-refractivity contribution in [3.63, 3.8) is 0 Å². The van der Waals surface area contributed by atoms with Gasteiger partial charge in [-0.05, 0) is 60.4 Å². The van der Waals surface area contributed by atoms with Crippen LogP contribution in [0.2, 0.25) is 0 Å². The first-order chi connectivity index (χ1) is 14.8. The molecule has 1 amide bonds. The second-order valence-electron chi connectivity index (χ2n) is 7.44. The van der Waals surface area contributed by atoms with E-state index in [2.05, 4.69) is 19.2 Å². The minimum atomic E-state index is -0.690.